The lowest BCUT2D eigenvalue weighted by molar-refractivity contribution is -0.143. The fraction of sp³-hybridized carbons (Fsp3) is 0.370. The highest BCUT2D eigenvalue weighted by atomic mass is 16.6. The number of aliphatic carboxylic acids is 1. The molecule has 3 rings (SSSR count). The van der Waals surface area contributed by atoms with Crippen molar-refractivity contribution < 1.29 is 29.0 Å². The quantitative estimate of drug-likeness (QED) is 0.505. The number of benzene rings is 2. The molecule has 2 atom stereocenters. The zero-order valence-electron chi connectivity index (χ0n) is 20.8. The largest absolute Gasteiger partial charge is 0.480 e. The van der Waals surface area contributed by atoms with Gasteiger partial charge in [0, 0.05) is 32.5 Å². The standard InChI is InChI=1S/C27H30N4O6/c1-3-30(4-2)27(36)37-21-11-9-18(10-12-21)15-22(26(34)35)29-25(33)23-13-14-24(32)31(23)17-20-7-5-19(16-28)6-8-20/h5-12,22-23H,3-4,13-15,17H2,1-2H3,(H,29,33)(H,34,35)/t22-,23-/m0/s1. The van der Waals surface area contributed by atoms with Gasteiger partial charge in [0.15, 0.2) is 0 Å². The van der Waals surface area contributed by atoms with Gasteiger partial charge in [0.05, 0.1) is 11.6 Å². The third kappa shape index (κ3) is 7.07. The number of nitriles is 1. The summed E-state index contributed by atoms with van der Waals surface area (Å²) in [5.74, 6) is -1.59. The lowest BCUT2D eigenvalue weighted by atomic mass is 10.0. The van der Waals surface area contributed by atoms with Crippen LogP contribution in [0.25, 0.3) is 0 Å². The zero-order chi connectivity index (χ0) is 26.9. The van der Waals surface area contributed by atoms with E-state index in [2.05, 4.69) is 5.32 Å². The number of nitrogens with zero attached hydrogens (tertiary/aromatic N) is 3. The number of nitrogens with one attached hydrogen (secondary N) is 1. The molecule has 2 aromatic carbocycles. The molecule has 0 bridgehead atoms. The molecule has 0 saturated carbocycles. The Balaban J connectivity index is 1.63. The van der Waals surface area contributed by atoms with E-state index in [0.29, 0.717) is 36.4 Å². The van der Waals surface area contributed by atoms with Crippen molar-refractivity contribution in [3.63, 3.8) is 0 Å². The van der Waals surface area contributed by atoms with Gasteiger partial charge in [0.25, 0.3) is 0 Å². The van der Waals surface area contributed by atoms with Crippen molar-refractivity contribution in [2.24, 2.45) is 0 Å². The van der Waals surface area contributed by atoms with Gasteiger partial charge in [-0.05, 0) is 55.7 Å². The molecular formula is C27H30N4O6. The fourth-order valence-electron chi connectivity index (χ4n) is 4.13. The molecule has 10 heteroatoms. The topological polar surface area (TPSA) is 140 Å². The maximum Gasteiger partial charge on any atom is 0.415 e. The predicted octanol–water partition coefficient (Wildman–Crippen LogP) is 2.70. The summed E-state index contributed by atoms with van der Waals surface area (Å²) in [6.07, 6.45) is 0.0338. The van der Waals surface area contributed by atoms with Crippen LogP contribution in [0.5, 0.6) is 5.75 Å². The van der Waals surface area contributed by atoms with Gasteiger partial charge in [-0.3, -0.25) is 9.59 Å². The van der Waals surface area contributed by atoms with Crippen LogP contribution in [0.3, 0.4) is 0 Å². The first-order valence-corrected chi connectivity index (χ1v) is 12.1. The van der Waals surface area contributed by atoms with Gasteiger partial charge < -0.3 is 25.0 Å². The van der Waals surface area contributed by atoms with Crippen molar-refractivity contribution in [2.75, 3.05) is 13.1 Å². The van der Waals surface area contributed by atoms with E-state index < -0.39 is 30.1 Å². The number of hydrogen-bond donors (Lipinski definition) is 2. The molecule has 2 N–H and O–H groups in total. The smallest absolute Gasteiger partial charge is 0.415 e. The fourth-order valence-corrected chi connectivity index (χ4v) is 4.13. The highest BCUT2D eigenvalue weighted by molar-refractivity contribution is 5.93. The van der Waals surface area contributed by atoms with E-state index in [0.717, 1.165) is 5.56 Å². The number of likely N-dealkylation sites (tertiary alicyclic amines) is 1. The second-order valence-electron chi connectivity index (χ2n) is 8.67. The molecular weight excluding hydrogens is 476 g/mol. The van der Waals surface area contributed by atoms with E-state index in [1.807, 2.05) is 19.9 Å². The summed E-state index contributed by atoms with van der Waals surface area (Å²) in [4.78, 5) is 52.5. The summed E-state index contributed by atoms with van der Waals surface area (Å²) in [5.41, 5.74) is 1.89. The third-order valence-corrected chi connectivity index (χ3v) is 6.27. The van der Waals surface area contributed by atoms with Crippen LogP contribution in [-0.2, 0) is 27.3 Å². The maximum absolute atomic E-state index is 13.0. The van der Waals surface area contributed by atoms with E-state index in [9.17, 15) is 24.3 Å². The Bertz CT molecular complexity index is 1170. The third-order valence-electron chi connectivity index (χ3n) is 6.27. The first-order chi connectivity index (χ1) is 17.7. The number of carboxylic acid groups (broad SMARTS) is 1. The molecule has 1 fully saturated rings. The lowest BCUT2D eigenvalue weighted by Crippen LogP contribution is -2.50. The summed E-state index contributed by atoms with van der Waals surface area (Å²) in [5, 5.41) is 21.2. The minimum Gasteiger partial charge on any atom is -0.480 e. The summed E-state index contributed by atoms with van der Waals surface area (Å²) in [6, 6.07) is 13.2. The van der Waals surface area contributed by atoms with Crippen molar-refractivity contribution >= 4 is 23.9 Å². The minimum atomic E-state index is -1.20. The van der Waals surface area contributed by atoms with Gasteiger partial charge in [0.1, 0.15) is 17.8 Å². The molecule has 3 amide bonds. The van der Waals surface area contributed by atoms with Crippen molar-refractivity contribution in [3.8, 4) is 11.8 Å². The second kappa shape index (κ2) is 12.5. The number of rotatable bonds is 10. The maximum atomic E-state index is 13.0. The Hall–Kier alpha value is -4.39. The molecule has 194 valence electrons. The number of carbonyl (C=O) groups excluding carboxylic acids is 3. The van der Waals surface area contributed by atoms with Crippen molar-refractivity contribution in [1.29, 1.82) is 5.26 Å². The Kier molecular flexibility index (Phi) is 9.21. The molecule has 2 aromatic rings. The van der Waals surface area contributed by atoms with Crippen molar-refractivity contribution in [2.45, 2.75) is 51.7 Å². The van der Waals surface area contributed by atoms with Crippen LogP contribution in [0.15, 0.2) is 48.5 Å². The van der Waals surface area contributed by atoms with Crippen molar-refractivity contribution in [1.82, 2.24) is 15.1 Å². The van der Waals surface area contributed by atoms with E-state index >= 15 is 0 Å². The van der Waals surface area contributed by atoms with E-state index in [1.54, 1.807) is 48.5 Å². The first-order valence-electron chi connectivity index (χ1n) is 12.1. The Morgan fingerprint density at radius 3 is 2.30 bits per heavy atom. The molecule has 37 heavy (non-hydrogen) atoms. The minimum absolute atomic E-state index is 0.0155. The van der Waals surface area contributed by atoms with E-state index in [1.165, 1.54) is 9.80 Å². The summed E-state index contributed by atoms with van der Waals surface area (Å²) in [7, 11) is 0. The van der Waals surface area contributed by atoms with E-state index in [-0.39, 0.29) is 25.3 Å². The van der Waals surface area contributed by atoms with Gasteiger partial charge in [-0.1, -0.05) is 24.3 Å². The van der Waals surface area contributed by atoms with Crippen molar-refractivity contribution in [3.05, 3.63) is 65.2 Å². The lowest BCUT2D eigenvalue weighted by Gasteiger charge is -2.26. The average molecular weight is 507 g/mol. The summed E-state index contributed by atoms with van der Waals surface area (Å²) in [6.45, 7) is 4.92. The molecule has 1 saturated heterocycles. The van der Waals surface area contributed by atoms with Crippen LogP contribution in [0, 0.1) is 11.3 Å². The van der Waals surface area contributed by atoms with Crippen LogP contribution < -0.4 is 10.1 Å². The molecule has 0 aliphatic carbocycles. The normalized spacial score (nSPS) is 15.5. The molecule has 0 aromatic heterocycles. The SMILES string of the molecule is CCN(CC)C(=O)Oc1ccc(C[C@H](NC(=O)[C@@H]2CCC(=O)N2Cc2ccc(C#N)cc2)C(=O)O)cc1. The number of ether oxygens (including phenoxy) is 1. The molecule has 0 spiro atoms. The Morgan fingerprint density at radius 1 is 1.11 bits per heavy atom. The van der Waals surface area contributed by atoms with Gasteiger partial charge in [-0.2, -0.15) is 5.26 Å². The number of carboxylic acids is 1. The average Bonchev–Trinajstić information content (AvgIpc) is 3.25. The first kappa shape index (κ1) is 27.2. The predicted molar refractivity (Wildman–Crippen MR) is 133 cm³/mol. The van der Waals surface area contributed by atoms with Gasteiger partial charge in [-0.25, -0.2) is 9.59 Å². The second-order valence-corrected chi connectivity index (χ2v) is 8.67. The molecule has 0 radical (unpaired) electrons. The molecule has 1 aliphatic heterocycles. The number of amides is 3. The van der Waals surface area contributed by atoms with Crippen LogP contribution in [-0.4, -0.2) is 64.0 Å². The summed E-state index contributed by atoms with van der Waals surface area (Å²) >= 11 is 0. The van der Waals surface area contributed by atoms with E-state index in [4.69, 9.17) is 10.00 Å². The molecule has 1 aliphatic rings. The zero-order valence-corrected chi connectivity index (χ0v) is 20.8. The van der Waals surface area contributed by atoms with Crippen LogP contribution >= 0.6 is 0 Å². The van der Waals surface area contributed by atoms with Crippen LogP contribution in [0.1, 0.15) is 43.4 Å². The highest BCUT2D eigenvalue weighted by Gasteiger charge is 2.37. The number of hydrogen-bond acceptors (Lipinski definition) is 6. The number of carbonyl (C=O) groups is 4. The molecule has 10 nitrogen and oxygen atoms in total. The Labute approximate surface area is 215 Å². The monoisotopic (exact) mass is 506 g/mol. The van der Waals surface area contributed by atoms with Crippen LogP contribution in [0.2, 0.25) is 0 Å². The molecule has 0 unspecified atom stereocenters. The van der Waals surface area contributed by atoms with Gasteiger partial charge >= 0.3 is 12.1 Å². The Morgan fingerprint density at radius 2 is 1.73 bits per heavy atom. The molecule has 1 heterocycles. The van der Waals surface area contributed by atoms with Gasteiger partial charge in [-0.15, -0.1) is 0 Å². The highest BCUT2D eigenvalue weighted by Crippen LogP contribution is 2.22. The van der Waals surface area contributed by atoms with Gasteiger partial charge in [0.2, 0.25) is 11.8 Å². The van der Waals surface area contributed by atoms with Crippen LogP contribution in [0.4, 0.5) is 4.79 Å². The summed E-state index contributed by atoms with van der Waals surface area (Å²) < 4.78 is 5.33.